The molecule has 39 heavy (non-hydrogen) atoms. The molecule has 0 fully saturated rings. The number of anilines is 3. The Morgan fingerprint density at radius 1 is 0.538 bits per heavy atom. The Morgan fingerprint density at radius 2 is 1.05 bits per heavy atom. The van der Waals surface area contributed by atoms with Gasteiger partial charge in [0.15, 0.2) is 0 Å². The maximum Gasteiger partial charge on any atom is 0.0540 e. The molecule has 5 aromatic rings. The van der Waals surface area contributed by atoms with E-state index in [4.69, 9.17) is 0 Å². The Balaban J connectivity index is 1.76. The lowest BCUT2D eigenvalue weighted by atomic mass is 9.70. The second-order valence-electron chi connectivity index (χ2n) is 12.3. The third-order valence-electron chi connectivity index (χ3n) is 8.36. The van der Waals surface area contributed by atoms with E-state index >= 15 is 0 Å². The molecular formula is C38H37N. The molecule has 0 atom stereocenters. The van der Waals surface area contributed by atoms with E-state index in [1.165, 1.54) is 55.9 Å². The van der Waals surface area contributed by atoms with Gasteiger partial charge in [0.05, 0.1) is 11.4 Å². The fourth-order valence-electron chi connectivity index (χ4n) is 6.43. The molecule has 0 radical (unpaired) electrons. The summed E-state index contributed by atoms with van der Waals surface area (Å²) in [6.07, 6.45) is 0. The molecule has 0 N–H and O–H groups in total. The van der Waals surface area contributed by atoms with Crippen molar-refractivity contribution in [3.8, 4) is 22.3 Å². The van der Waals surface area contributed by atoms with Gasteiger partial charge in [-0.1, -0.05) is 126 Å². The van der Waals surface area contributed by atoms with Crippen LogP contribution in [0.2, 0.25) is 0 Å². The van der Waals surface area contributed by atoms with Gasteiger partial charge >= 0.3 is 0 Å². The quantitative estimate of drug-likeness (QED) is 0.218. The van der Waals surface area contributed by atoms with Crippen molar-refractivity contribution in [2.75, 3.05) is 4.90 Å². The van der Waals surface area contributed by atoms with E-state index in [1.54, 1.807) is 0 Å². The van der Waals surface area contributed by atoms with E-state index in [1.807, 2.05) is 0 Å². The zero-order valence-electron chi connectivity index (χ0n) is 23.9. The average molecular weight is 508 g/mol. The summed E-state index contributed by atoms with van der Waals surface area (Å²) in [7, 11) is 0. The summed E-state index contributed by atoms with van der Waals surface area (Å²) in [6.45, 7) is 13.8. The molecule has 0 saturated heterocycles. The van der Waals surface area contributed by atoms with Crippen LogP contribution in [-0.2, 0) is 10.8 Å². The molecule has 0 aliphatic carbocycles. The summed E-state index contributed by atoms with van der Waals surface area (Å²) in [4.78, 5) is 2.46. The molecule has 5 aromatic carbocycles. The van der Waals surface area contributed by atoms with E-state index in [-0.39, 0.29) is 10.8 Å². The lowest BCUT2D eigenvalue weighted by molar-refractivity contribution is 0.590. The SMILES string of the molecule is Cc1cccc2c1C(C)(C)c1ccccc1-c1ccccc1N(c1ccc(C(C)(C)C)cc1)c1ccccc1-2. The first kappa shape index (κ1) is 25.2. The first-order valence-corrected chi connectivity index (χ1v) is 14.0. The molecule has 0 spiro atoms. The van der Waals surface area contributed by atoms with Gasteiger partial charge in [0.25, 0.3) is 0 Å². The predicted molar refractivity (Wildman–Crippen MR) is 168 cm³/mol. The van der Waals surface area contributed by atoms with Crippen molar-refractivity contribution in [3.05, 3.63) is 138 Å². The highest BCUT2D eigenvalue weighted by Gasteiger charge is 2.33. The van der Waals surface area contributed by atoms with Crippen molar-refractivity contribution in [1.29, 1.82) is 0 Å². The molecular weight excluding hydrogens is 470 g/mol. The number of rotatable bonds is 1. The van der Waals surface area contributed by atoms with Gasteiger partial charge < -0.3 is 4.90 Å². The molecule has 0 bridgehead atoms. The zero-order valence-corrected chi connectivity index (χ0v) is 23.9. The molecule has 194 valence electrons. The Morgan fingerprint density at radius 3 is 1.67 bits per heavy atom. The van der Waals surface area contributed by atoms with E-state index < -0.39 is 0 Å². The number of para-hydroxylation sites is 2. The van der Waals surface area contributed by atoms with Crippen LogP contribution in [0, 0.1) is 6.92 Å². The monoisotopic (exact) mass is 507 g/mol. The normalized spacial score (nSPS) is 14.1. The predicted octanol–water partition coefficient (Wildman–Crippen LogP) is 10.7. The first-order valence-electron chi connectivity index (χ1n) is 14.0. The molecule has 0 aromatic heterocycles. The van der Waals surface area contributed by atoms with Crippen molar-refractivity contribution >= 4 is 17.1 Å². The Labute approximate surface area is 233 Å². The fraction of sp³-hybridized carbons (Fsp3) is 0.211. The fourth-order valence-corrected chi connectivity index (χ4v) is 6.43. The van der Waals surface area contributed by atoms with Gasteiger partial charge in [0.1, 0.15) is 0 Å². The standard InChI is InChI=1S/C38H37N/c1-26-14-13-18-32-31-17-9-12-21-35(31)39(28-24-22-27(23-25-28)37(2,3)4)34-20-11-8-16-30(34)29-15-7-10-19-33(29)38(5,6)36(26)32/h7-25H,1-6H3. The Bertz CT molecular complexity index is 1660. The van der Waals surface area contributed by atoms with Crippen molar-refractivity contribution in [2.45, 2.75) is 52.4 Å². The van der Waals surface area contributed by atoms with Crippen LogP contribution in [0.1, 0.15) is 56.9 Å². The minimum absolute atomic E-state index is 0.0982. The second-order valence-corrected chi connectivity index (χ2v) is 12.3. The molecule has 0 amide bonds. The minimum Gasteiger partial charge on any atom is -0.309 e. The Hall–Kier alpha value is -4.10. The molecule has 1 heteroatoms. The van der Waals surface area contributed by atoms with Gasteiger partial charge in [-0.2, -0.15) is 0 Å². The van der Waals surface area contributed by atoms with Crippen molar-refractivity contribution in [1.82, 2.24) is 0 Å². The third-order valence-corrected chi connectivity index (χ3v) is 8.36. The maximum absolute atomic E-state index is 2.46. The zero-order chi connectivity index (χ0) is 27.4. The number of nitrogens with zero attached hydrogens (tertiary/aromatic N) is 1. The second kappa shape index (κ2) is 9.27. The van der Waals surface area contributed by atoms with Gasteiger partial charge in [0, 0.05) is 22.2 Å². The van der Waals surface area contributed by atoms with Crippen LogP contribution in [0.3, 0.4) is 0 Å². The molecule has 0 saturated carbocycles. The van der Waals surface area contributed by atoms with Gasteiger partial charge in [-0.3, -0.25) is 0 Å². The van der Waals surface area contributed by atoms with Crippen molar-refractivity contribution in [3.63, 3.8) is 0 Å². The number of hydrogen-bond acceptors (Lipinski definition) is 1. The lowest BCUT2D eigenvalue weighted by Crippen LogP contribution is -2.24. The number of benzene rings is 5. The molecule has 1 nitrogen and oxygen atoms in total. The number of fused-ring (bicyclic) bond motifs is 6. The summed E-state index contributed by atoms with van der Waals surface area (Å²) in [6, 6.07) is 42.7. The number of aryl methyl sites for hydroxylation is 1. The van der Waals surface area contributed by atoms with Crippen LogP contribution >= 0.6 is 0 Å². The summed E-state index contributed by atoms with van der Waals surface area (Å²) >= 11 is 0. The van der Waals surface area contributed by atoms with Crippen LogP contribution in [0.15, 0.2) is 115 Å². The largest absolute Gasteiger partial charge is 0.309 e. The molecule has 6 rings (SSSR count). The van der Waals surface area contributed by atoms with Gasteiger partial charge in [-0.05, 0) is 70.0 Å². The topological polar surface area (TPSA) is 3.24 Å². The molecule has 1 heterocycles. The van der Waals surface area contributed by atoms with Gasteiger partial charge in [0.2, 0.25) is 0 Å². The van der Waals surface area contributed by atoms with Crippen LogP contribution in [0.5, 0.6) is 0 Å². The highest BCUT2D eigenvalue weighted by Crippen LogP contribution is 2.51. The highest BCUT2D eigenvalue weighted by atomic mass is 15.1. The van der Waals surface area contributed by atoms with Crippen LogP contribution in [0.25, 0.3) is 22.3 Å². The third kappa shape index (κ3) is 4.17. The van der Waals surface area contributed by atoms with E-state index in [9.17, 15) is 0 Å². The van der Waals surface area contributed by atoms with E-state index in [2.05, 4.69) is 162 Å². The van der Waals surface area contributed by atoms with Crippen molar-refractivity contribution < 1.29 is 0 Å². The summed E-state index contributed by atoms with van der Waals surface area (Å²) in [5.74, 6) is 0. The average Bonchev–Trinajstić information content (AvgIpc) is 2.93. The van der Waals surface area contributed by atoms with Crippen LogP contribution < -0.4 is 4.90 Å². The first-order chi connectivity index (χ1) is 18.7. The molecule has 1 aliphatic rings. The maximum atomic E-state index is 2.46. The van der Waals surface area contributed by atoms with E-state index in [0.29, 0.717) is 0 Å². The summed E-state index contributed by atoms with van der Waals surface area (Å²) in [5, 5.41) is 0. The van der Waals surface area contributed by atoms with Gasteiger partial charge in [-0.15, -0.1) is 0 Å². The van der Waals surface area contributed by atoms with Gasteiger partial charge in [-0.25, -0.2) is 0 Å². The van der Waals surface area contributed by atoms with Crippen LogP contribution in [-0.4, -0.2) is 0 Å². The Kier molecular flexibility index (Phi) is 5.99. The molecule has 1 aliphatic heterocycles. The van der Waals surface area contributed by atoms with Crippen LogP contribution in [0.4, 0.5) is 17.1 Å². The summed E-state index contributed by atoms with van der Waals surface area (Å²) < 4.78 is 0. The lowest BCUT2D eigenvalue weighted by Gasteiger charge is -2.37. The smallest absolute Gasteiger partial charge is 0.0540 e. The molecule has 0 unspecified atom stereocenters. The summed E-state index contributed by atoms with van der Waals surface area (Å²) in [5.41, 5.74) is 13.9. The van der Waals surface area contributed by atoms with E-state index in [0.717, 1.165) is 5.69 Å². The van der Waals surface area contributed by atoms with Crippen molar-refractivity contribution in [2.24, 2.45) is 0 Å². The number of hydrogen-bond donors (Lipinski definition) is 0. The minimum atomic E-state index is -0.200. The highest BCUT2D eigenvalue weighted by molar-refractivity contribution is 5.96.